The van der Waals surface area contributed by atoms with Crippen LogP contribution in [0.2, 0.25) is 0 Å². The number of amides is 2. The fourth-order valence-corrected chi connectivity index (χ4v) is 5.64. The Morgan fingerprint density at radius 3 is 2.65 bits per heavy atom. The van der Waals surface area contributed by atoms with Crippen LogP contribution in [0.5, 0.6) is 0 Å². The van der Waals surface area contributed by atoms with Crippen molar-refractivity contribution < 1.29 is 19.8 Å². The number of nitrogens with zero attached hydrogens (tertiary/aromatic N) is 2. The summed E-state index contributed by atoms with van der Waals surface area (Å²) in [5.41, 5.74) is 3.10. The van der Waals surface area contributed by atoms with Crippen LogP contribution in [0.4, 0.5) is 17.1 Å². The minimum atomic E-state index is -1.73. The maximum absolute atomic E-state index is 13.8. The Morgan fingerprint density at radius 1 is 1.03 bits per heavy atom. The highest BCUT2D eigenvalue weighted by Crippen LogP contribution is 2.47. The van der Waals surface area contributed by atoms with Crippen LogP contribution in [0, 0.1) is 5.92 Å². The van der Waals surface area contributed by atoms with Gasteiger partial charge in [-0.05, 0) is 60.4 Å². The first-order valence-electron chi connectivity index (χ1n) is 12.5. The molecular weight excluding hydrogens is 532 g/mol. The van der Waals surface area contributed by atoms with Gasteiger partial charge in [0.1, 0.15) is 0 Å². The molecule has 2 aliphatic heterocycles. The summed E-state index contributed by atoms with van der Waals surface area (Å²) < 4.78 is 0.773. The van der Waals surface area contributed by atoms with Crippen LogP contribution >= 0.6 is 15.9 Å². The fraction of sp³-hybridized carbons (Fsp3) is 0.267. The van der Waals surface area contributed by atoms with Crippen molar-refractivity contribution in [1.82, 2.24) is 0 Å². The number of anilines is 3. The molecule has 0 fully saturated rings. The van der Waals surface area contributed by atoms with Gasteiger partial charge in [-0.1, -0.05) is 65.3 Å². The van der Waals surface area contributed by atoms with Crippen LogP contribution in [-0.2, 0) is 28.2 Å². The van der Waals surface area contributed by atoms with Gasteiger partial charge in [0.15, 0.2) is 5.60 Å². The van der Waals surface area contributed by atoms with Crippen molar-refractivity contribution in [3.05, 3.63) is 100 Å². The predicted octanol–water partition coefficient (Wildman–Crippen LogP) is 5.37. The summed E-state index contributed by atoms with van der Waals surface area (Å²) in [5.74, 6) is -0.855. The Balaban J connectivity index is 1.49. The Hall–Kier alpha value is -3.26. The van der Waals surface area contributed by atoms with Gasteiger partial charge >= 0.3 is 0 Å². The maximum atomic E-state index is 13.8. The molecule has 0 spiro atoms. The molecule has 0 bridgehead atoms. The van der Waals surface area contributed by atoms with Crippen LogP contribution < -0.4 is 9.80 Å². The monoisotopic (exact) mass is 560 g/mol. The number of carbonyl (C=O) groups excluding carboxylic acids is 2. The van der Waals surface area contributed by atoms with Gasteiger partial charge in [0.25, 0.3) is 5.91 Å². The van der Waals surface area contributed by atoms with Crippen LogP contribution in [0.1, 0.15) is 36.5 Å². The molecule has 2 heterocycles. The number of aliphatic hydroxyl groups is 2. The molecule has 2 aliphatic rings. The van der Waals surface area contributed by atoms with Crippen LogP contribution in [0.15, 0.2) is 83.4 Å². The summed E-state index contributed by atoms with van der Waals surface area (Å²) in [6, 6.07) is 21.1. The molecule has 0 aromatic heterocycles. The number of aliphatic hydroxyl groups excluding tert-OH is 1. The SMILES string of the molecule is C[C@H](/C=C/CCO)[C@@]1(O)C(=O)N(Cc2cccc(N3C(=O)CCc4ccccc43)c2)c2ccc(Br)cc21. The highest BCUT2D eigenvalue weighted by atomic mass is 79.9. The number of aryl methyl sites for hydroxylation is 1. The van der Waals surface area contributed by atoms with Gasteiger partial charge in [-0.2, -0.15) is 0 Å². The van der Waals surface area contributed by atoms with E-state index in [1.165, 1.54) is 0 Å². The summed E-state index contributed by atoms with van der Waals surface area (Å²) in [7, 11) is 0. The molecule has 6 nitrogen and oxygen atoms in total. The highest BCUT2D eigenvalue weighted by molar-refractivity contribution is 9.10. The highest BCUT2D eigenvalue weighted by Gasteiger charge is 2.52. The van der Waals surface area contributed by atoms with Crippen molar-refractivity contribution in [1.29, 1.82) is 0 Å². The molecule has 0 saturated heterocycles. The molecule has 2 atom stereocenters. The lowest BCUT2D eigenvalue weighted by atomic mass is 9.83. The largest absolute Gasteiger partial charge is 0.396 e. The third-order valence-electron chi connectivity index (χ3n) is 7.21. The number of hydrogen-bond donors (Lipinski definition) is 2. The third-order valence-corrected chi connectivity index (χ3v) is 7.70. The minimum absolute atomic E-state index is 0.00416. The fourth-order valence-electron chi connectivity index (χ4n) is 5.28. The first-order valence-corrected chi connectivity index (χ1v) is 13.3. The summed E-state index contributed by atoms with van der Waals surface area (Å²) in [4.78, 5) is 30.1. The summed E-state index contributed by atoms with van der Waals surface area (Å²) >= 11 is 3.48. The van der Waals surface area contributed by atoms with Crippen molar-refractivity contribution >= 4 is 44.8 Å². The van der Waals surface area contributed by atoms with Gasteiger partial charge in [-0.3, -0.25) is 14.5 Å². The second-order valence-corrected chi connectivity index (χ2v) is 10.5. The lowest BCUT2D eigenvalue weighted by molar-refractivity contribution is -0.139. The van der Waals surface area contributed by atoms with E-state index in [0.717, 1.165) is 33.4 Å². The topological polar surface area (TPSA) is 81.1 Å². The first kappa shape index (κ1) is 25.4. The van der Waals surface area contributed by atoms with E-state index in [9.17, 15) is 14.7 Å². The average Bonchev–Trinajstić information content (AvgIpc) is 3.11. The standard InChI is InChI=1S/C30H29BrN2O4/c1-20(7-4-5-16-34)30(37)25-18-23(31)13-14-27(25)32(29(30)36)19-21-8-6-10-24(17-21)33-26-11-3-2-9-22(26)12-15-28(33)35/h2-4,6-11,13-14,17-18,20,34,37H,5,12,15-16,19H2,1H3/b7-4+/t20-,30+/m1/s1. The number of benzene rings is 3. The zero-order valence-electron chi connectivity index (χ0n) is 20.6. The van der Waals surface area contributed by atoms with Crippen molar-refractivity contribution in [2.24, 2.45) is 5.92 Å². The third kappa shape index (κ3) is 4.52. The van der Waals surface area contributed by atoms with Crippen LogP contribution in [0.25, 0.3) is 0 Å². The summed E-state index contributed by atoms with van der Waals surface area (Å²) in [6.07, 6.45) is 5.19. The number of para-hydroxylation sites is 1. The number of halogens is 1. The second-order valence-electron chi connectivity index (χ2n) is 9.58. The average molecular weight is 561 g/mol. The Labute approximate surface area is 225 Å². The van der Waals surface area contributed by atoms with Crippen molar-refractivity contribution in [3.63, 3.8) is 0 Å². The van der Waals surface area contributed by atoms with Gasteiger partial charge in [-0.15, -0.1) is 0 Å². The quantitative estimate of drug-likeness (QED) is 0.381. The zero-order chi connectivity index (χ0) is 26.2. The maximum Gasteiger partial charge on any atom is 0.264 e. The van der Waals surface area contributed by atoms with E-state index < -0.39 is 17.4 Å². The van der Waals surface area contributed by atoms with Gasteiger partial charge < -0.3 is 15.1 Å². The van der Waals surface area contributed by atoms with E-state index in [0.29, 0.717) is 24.1 Å². The summed E-state index contributed by atoms with van der Waals surface area (Å²) in [6.45, 7) is 2.06. The Bertz CT molecular complexity index is 1390. The van der Waals surface area contributed by atoms with Gasteiger partial charge in [0.2, 0.25) is 5.91 Å². The molecule has 2 N–H and O–H groups in total. The minimum Gasteiger partial charge on any atom is -0.396 e. The molecule has 2 amide bonds. The van der Waals surface area contributed by atoms with Crippen molar-refractivity contribution in [3.8, 4) is 0 Å². The molecule has 0 aliphatic carbocycles. The van der Waals surface area contributed by atoms with E-state index in [2.05, 4.69) is 15.9 Å². The molecule has 3 aromatic carbocycles. The number of fused-ring (bicyclic) bond motifs is 2. The van der Waals surface area contributed by atoms with E-state index in [1.54, 1.807) is 34.9 Å². The lowest BCUT2D eigenvalue weighted by Crippen LogP contribution is -2.44. The molecule has 7 heteroatoms. The van der Waals surface area contributed by atoms with Gasteiger partial charge in [0, 0.05) is 34.7 Å². The normalized spacial score (nSPS) is 19.9. The molecular formula is C30H29BrN2O4. The van der Waals surface area contributed by atoms with E-state index in [-0.39, 0.29) is 19.1 Å². The molecule has 0 radical (unpaired) electrons. The number of carbonyl (C=O) groups is 2. The molecule has 0 unspecified atom stereocenters. The van der Waals surface area contributed by atoms with Crippen molar-refractivity contribution in [2.75, 3.05) is 16.4 Å². The number of hydrogen-bond acceptors (Lipinski definition) is 4. The predicted molar refractivity (Wildman–Crippen MR) is 148 cm³/mol. The summed E-state index contributed by atoms with van der Waals surface area (Å²) in [5, 5.41) is 20.9. The molecule has 190 valence electrons. The van der Waals surface area contributed by atoms with Crippen LogP contribution in [-0.4, -0.2) is 28.6 Å². The second kappa shape index (κ2) is 10.2. The van der Waals surface area contributed by atoms with E-state index in [4.69, 9.17) is 5.11 Å². The molecule has 3 aromatic rings. The van der Waals surface area contributed by atoms with E-state index >= 15 is 0 Å². The molecule has 0 saturated carbocycles. The smallest absolute Gasteiger partial charge is 0.264 e. The molecule has 37 heavy (non-hydrogen) atoms. The van der Waals surface area contributed by atoms with E-state index in [1.807, 2.05) is 60.7 Å². The number of rotatable bonds is 7. The molecule has 5 rings (SSSR count). The van der Waals surface area contributed by atoms with Gasteiger partial charge in [-0.25, -0.2) is 0 Å². The first-order chi connectivity index (χ1) is 17.8. The Morgan fingerprint density at radius 2 is 1.84 bits per heavy atom. The van der Waals surface area contributed by atoms with Crippen molar-refractivity contribution in [2.45, 2.75) is 38.3 Å². The van der Waals surface area contributed by atoms with Gasteiger partial charge in [0.05, 0.1) is 17.9 Å². The lowest BCUT2D eigenvalue weighted by Gasteiger charge is -2.30. The zero-order valence-corrected chi connectivity index (χ0v) is 22.2. The van der Waals surface area contributed by atoms with Crippen LogP contribution in [0.3, 0.4) is 0 Å². The Kier molecular flexibility index (Phi) is 7.03.